The Morgan fingerprint density at radius 2 is 2.56 bits per heavy atom. The molecule has 2 heteroatoms. The summed E-state index contributed by atoms with van der Waals surface area (Å²) < 4.78 is 5.07. The number of allylic oxidation sites excluding steroid dienone is 1. The van der Waals surface area contributed by atoms with Crippen molar-refractivity contribution < 1.29 is 9.84 Å². The zero-order valence-corrected chi connectivity index (χ0v) is 5.58. The predicted octanol–water partition coefficient (Wildman–Crippen LogP) is 0.917. The van der Waals surface area contributed by atoms with Gasteiger partial charge in [-0.1, -0.05) is 6.92 Å². The van der Waals surface area contributed by atoms with Crippen LogP contribution in [0, 0.1) is 5.92 Å². The van der Waals surface area contributed by atoms with Crippen LogP contribution in [0.15, 0.2) is 12.3 Å². The molecule has 0 radical (unpaired) electrons. The predicted molar refractivity (Wildman–Crippen MR) is 34.9 cm³/mol. The fourth-order valence-electron chi connectivity index (χ4n) is 0.957. The quantitative estimate of drug-likeness (QED) is 0.569. The summed E-state index contributed by atoms with van der Waals surface area (Å²) in [5.74, 6) is 0.552. The lowest BCUT2D eigenvalue weighted by Crippen LogP contribution is -2.20. The van der Waals surface area contributed by atoms with Gasteiger partial charge in [-0.3, -0.25) is 0 Å². The molecule has 1 aliphatic heterocycles. The molecule has 0 spiro atoms. The second kappa shape index (κ2) is 2.87. The summed E-state index contributed by atoms with van der Waals surface area (Å²) in [6.07, 6.45) is 4.65. The van der Waals surface area contributed by atoms with E-state index < -0.39 is 0 Å². The Morgan fingerprint density at radius 3 is 3.00 bits per heavy atom. The van der Waals surface area contributed by atoms with E-state index in [-0.39, 0.29) is 12.7 Å². The Balaban J connectivity index is 2.38. The fourth-order valence-corrected chi connectivity index (χ4v) is 0.957. The first-order valence-corrected chi connectivity index (χ1v) is 3.26. The largest absolute Gasteiger partial charge is 0.496 e. The van der Waals surface area contributed by atoms with Crippen molar-refractivity contribution in [1.29, 1.82) is 0 Å². The first kappa shape index (κ1) is 6.62. The molecule has 1 rings (SSSR count). The third-order valence-corrected chi connectivity index (χ3v) is 1.52. The molecule has 0 saturated heterocycles. The standard InChI is InChI=1S/C7H12O2/c1-6-2-3-9-7(4-6)5-8/h2-3,6-8H,4-5H2,1H3. The number of aliphatic hydroxyl groups is 1. The van der Waals surface area contributed by atoms with E-state index in [1.807, 2.05) is 6.08 Å². The highest BCUT2D eigenvalue weighted by atomic mass is 16.5. The van der Waals surface area contributed by atoms with Crippen molar-refractivity contribution in [3.63, 3.8) is 0 Å². The van der Waals surface area contributed by atoms with Crippen LogP contribution in [0.4, 0.5) is 0 Å². The van der Waals surface area contributed by atoms with Crippen LogP contribution in [0.5, 0.6) is 0 Å². The van der Waals surface area contributed by atoms with Gasteiger partial charge in [0, 0.05) is 0 Å². The third kappa shape index (κ3) is 1.72. The van der Waals surface area contributed by atoms with Gasteiger partial charge in [0.2, 0.25) is 0 Å². The summed E-state index contributed by atoms with van der Waals surface area (Å²) in [5.41, 5.74) is 0. The normalized spacial score (nSPS) is 34.0. The van der Waals surface area contributed by atoms with Crippen LogP contribution in [-0.4, -0.2) is 17.8 Å². The van der Waals surface area contributed by atoms with Crippen molar-refractivity contribution in [2.24, 2.45) is 5.92 Å². The molecule has 0 saturated carbocycles. The van der Waals surface area contributed by atoms with Crippen molar-refractivity contribution in [3.05, 3.63) is 12.3 Å². The molecule has 0 aromatic rings. The van der Waals surface area contributed by atoms with Gasteiger partial charge in [-0.15, -0.1) is 0 Å². The smallest absolute Gasteiger partial charge is 0.121 e. The Morgan fingerprint density at radius 1 is 1.78 bits per heavy atom. The molecule has 0 aliphatic carbocycles. The summed E-state index contributed by atoms with van der Waals surface area (Å²) in [6.45, 7) is 2.25. The van der Waals surface area contributed by atoms with Crippen LogP contribution in [-0.2, 0) is 4.74 Å². The monoisotopic (exact) mass is 128 g/mol. The van der Waals surface area contributed by atoms with E-state index in [1.165, 1.54) is 0 Å². The van der Waals surface area contributed by atoms with E-state index in [0.29, 0.717) is 5.92 Å². The first-order chi connectivity index (χ1) is 4.33. The van der Waals surface area contributed by atoms with E-state index in [2.05, 4.69) is 6.92 Å². The van der Waals surface area contributed by atoms with Crippen LogP contribution < -0.4 is 0 Å². The third-order valence-electron chi connectivity index (χ3n) is 1.52. The Hall–Kier alpha value is -0.500. The number of hydrogen-bond acceptors (Lipinski definition) is 2. The van der Waals surface area contributed by atoms with Gasteiger partial charge >= 0.3 is 0 Å². The molecular weight excluding hydrogens is 116 g/mol. The highest BCUT2D eigenvalue weighted by Gasteiger charge is 2.13. The number of aliphatic hydroxyl groups excluding tert-OH is 1. The highest BCUT2D eigenvalue weighted by Crippen LogP contribution is 2.15. The number of ether oxygens (including phenoxy) is 1. The summed E-state index contributed by atoms with van der Waals surface area (Å²) in [4.78, 5) is 0. The van der Waals surface area contributed by atoms with E-state index in [9.17, 15) is 0 Å². The summed E-state index contributed by atoms with van der Waals surface area (Å²) in [5, 5.41) is 8.65. The van der Waals surface area contributed by atoms with Gasteiger partial charge in [-0.25, -0.2) is 0 Å². The van der Waals surface area contributed by atoms with Gasteiger partial charge in [0.15, 0.2) is 0 Å². The summed E-state index contributed by atoms with van der Waals surface area (Å²) >= 11 is 0. The lowest BCUT2D eigenvalue weighted by atomic mass is 10.0. The molecule has 2 atom stereocenters. The van der Waals surface area contributed by atoms with E-state index >= 15 is 0 Å². The molecule has 52 valence electrons. The Labute approximate surface area is 55.1 Å². The molecule has 0 amide bonds. The zero-order valence-electron chi connectivity index (χ0n) is 5.58. The molecule has 0 fully saturated rings. The lowest BCUT2D eigenvalue weighted by molar-refractivity contribution is 0.0527. The molecule has 9 heavy (non-hydrogen) atoms. The van der Waals surface area contributed by atoms with Crippen LogP contribution >= 0.6 is 0 Å². The molecule has 1 heterocycles. The van der Waals surface area contributed by atoms with Crippen molar-refractivity contribution in [2.75, 3.05) is 6.61 Å². The number of hydrogen-bond donors (Lipinski definition) is 1. The average Bonchev–Trinajstić information content (AvgIpc) is 1.88. The van der Waals surface area contributed by atoms with Crippen molar-refractivity contribution >= 4 is 0 Å². The van der Waals surface area contributed by atoms with Gasteiger partial charge in [-0.05, 0) is 18.4 Å². The molecule has 1 aliphatic rings. The SMILES string of the molecule is CC1C=COC(CO)C1. The molecule has 0 bridgehead atoms. The molecule has 1 N–H and O–H groups in total. The summed E-state index contributed by atoms with van der Waals surface area (Å²) in [7, 11) is 0. The lowest BCUT2D eigenvalue weighted by Gasteiger charge is -2.20. The van der Waals surface area contributed by atoms with E-state index in [1.54, 1.807) is 6.26 Å². The van der Waals surface area contributed by atoms with Gasteiger partial charge in [-0.2, -0.15) is 0 Å². The van der Waals surface area contributed by atoms with Crippen molar-refractivity contribution in [2.45, 2.75) is 19.4 Å². The minimum Gasteiger partial charge on any atom is -0.496 e. The maximum atomic E-state index is 8.65. The molecule has 2 nitrogen and oxygen atoms in total. The van der Waals surface area contributed by atoms with Crippen molar-refractivity contribution in [1.82, 2.24) is 0 Å². The maximum absolute atomic E-state index is 8.65. The number of rotatable bonds is 1. The van der Waals surface area contributed by atoms with Crippen LogP contribution in [0.3, 0.4) is 0 Å². The van der Waals surface area contributed by atoms with Gasteiger partial charge in [0.05, 0.1) is 12.9 Å². The average molecular weight is 128 g/mol. The Bertz CT molecular complexity index is 109. The second-order valence-corrected chi connectivity index (χ2v) is 2.48. The molecular formula is C7H12O2. The fraction of sp³-hybridized carbons (Fsp3) is 0.714. The van der Waals surface area contributed by atoms with Crippen molar-refractivity contribution in [3.8, 4) is 0 Å². The Kier molecular flexibility index (Phi) is 2.11. The van der Waals surface area contributed by atoms with E-state index in [0.717, 1.165) is 6.42 Å². The highest BCUT2D eigenvalue weighted by molar-refractivity contribution is 4.87. The van der Waals surface area contributed by atoms with Gasteiger partial charge < -0.3 is 9.84 Å². The topological polar surface area (TPSA) is 29.5 Å². The molecule has 0 aromatic heterocycles. The molecule has 0 aromatic carbocycles. The van der Waals surface area contributed by atoms with E-state index in [4.69, 9.17) is 9.84 Å². The van der Waals surface area contributed by atoms with Crippen LogP contribution in [0.2, 0.25) is 0 Å². The second-order valence-electron chi connectivity index (χ2n) is 2.48. The van der Waals surface area contributed by atoms with Gasteiger partial charge in [0.25, 0.3) is 0 Å². The van der Waals surface area contributed by atoms with Crippen LogP contribution in [0.1, 0.15) is 13.3 Å². The van der Waals surface area contributed by atoms with Crippen LogP contribution in [0.25, 0.3) is 0 Å². The zero-order chi connectivity index (χ0) is 6.69. The first-order valence-electron chi connectivity index (χ1n) is 3.26. The minimum absolute atomic E-state index is 0.0324. The molecule has 2 unspecified atom stereocenters. The maximum Gasteiger partial charge on any atom is 0.121 e. The van der Waals surface area contributed by atoms with Gasteiger partial charge in [0.1, 0.15) is 6.10 Å². The summed E-state index contributed by atoms with van der Waals surface area (Å²) in [6, 6.07) is 0. The minimum atomic E-state index is 0.0324.